The quantitative estimate of drug-likeness (QED) is 0.658. The molecule has 1 amide bonds. The summed E-state index contributed by atoms with van der Waals surface area (Å²) in [5.74, 6) is -1.33. The van der Waals surface area contributed by atoms with E-state index in [2.05, 4.69) is 5.32 Å². The van der Waals surface area contributed by atoms with Gasteiger partial charge >= 0.3 is 5.97 Å². The third kappa shape index (κ3) is 3.48. The van der Waals surface area contributed by atoms with Crippen molar-refractivity contribution in [2.75, 3.05) is 0 Å². The van der Waals surface area contributed by atoms with E-state index < -0.39 is 12.0 Å². The van der Waals surface area contributed by atoms with Crippen LogP contribution in [0.2, 0.25) is 0 Å². The molecule has 0 radical (unpaired) electrons. The topological polar surface area (TPSA) is 66.4 Å². The van der Waals surface area contributed by atoms with Gasteiger partial charge in [0.25, 0.3) is 5.91 Å². The predicted octanol–water partition coefficient (Wildman–Crippen LogP) is 4.37. The molecule has 3 rings (SSSR count). The monoisotopic (exact) mass is 335 g/mol. The Morgan fingerprint density at radius 1 is 1.00 bits per heavy atom. The first kappa shape index (κ1) is 17.0. The number of amides is 1. The number of rotatable bonds is 6. The van der Waals surface area contributed by atoms with E-state index in [1.807, 2.05) is 61.5 Å². The fourth-order valence-corrected chi connectivity index (χ4v) is 3.15. The molecule has 3 aromatic carbocycles. The van der Waals surface area contributed by atoms with Crippen LogP contribution >= 0.6 is 0 Å². The Balaban J connectivity index is 2.08. The Bertz CT molecular complexity index is 879. The van der Waals surface area contributed by atoms with Gasteiger partial charge in [0.15, 0.2) is 0 Å². The van der Waals surface area contributed by atoms with Crippen molar-refractivity contribution in [1.82, 2.24) is 5.32 Å². The summed E-state index contributed by atoms with van der Waals surface area (Å²) in [5.41, 5.74) is 0.538. The smallest absolute Gasteiger partial charge is 0.326 e. The number of carbonyl (C=O) groups excluding carboxylic acids is 1. The van der Waals surface area contributed by atoms with Crippen molar-refractivity contribution >= 4 is 33.4 Å². The molecule has 0 heterocycles. The third-order valence-electron chi connectivity index (χ3n) is 4.45. The highest BCUT2D eigenvalue weighted by molar-refractivity contribution is 6.18. The number of benzene rings is 3. The summed E-state index contributed by atoms with van der Waals surface area (Å²) < 4.78 is 0. The van der Waals surface area contributed by atoms with Crippen LogP contribution in [0.15, 0.2) is 54.6 Å². The summed E-state index contributed by atoms with van der Waals surface area (Å²) in [6, 6.07) is 16.5. The first-order valence-electron chi connectivity index (χ1n) is 8.56. The van der Waals surface area contributed by atoms with Crippen molar-refractivity contribution in [2.45, 2.75) is 32.2 Å². The molecule has 0 unspecified atom stereocenters. The summed E-state index contributed by atoms with van der Waals surface area (Å²) in [6.07, 6.45) is 2.07. The van der Waals surface area contributed by atoms with Gasteiger partial charge in [-0.1, -0.05) is 68.3 Å². The maximum atomic E-state index is 13.0. The number of aliphatic carboxylic acids is 1. The van der Waals surface area contributed by atoms with Gasteiger partial charge in [-0.3, -0.25) is 4.79 Å². The molecule has 1 atom stereocenters. The highest BCUT2D eigenvalue weighted by atomic mass is 16.4. The maximum absolute atomic E-state index is 13.0. The van der Waals surface area contributed by atoms with Crippen LogP contribution in [0, 0.1) is 0 Å². The van der Waals surface area contributed by atoms with Crippen molar-refractivity contribution in [1.29, 1.82) is 0 Å². The van der Waals surface area contributed by atoms with Crippen molar-refractivity contribution in [3.8, 4) is 0 Å². The molecule has 2 N–H and O–H groups in total. The van der Waals surface area contributed by atoms with Crippen LogP contribution in [0.4, 0.5) is 0 Å². The van der Waals surface area contributed by atoms with Crippen molar-refractivity contribution in [3.05, 3.63) is 60.2 Å². The standard InChI is InChI=1S/C21H21NO3/c1-2-3-12-18(21(24)25)22-20(23)19-16-10-6-4-8-14(16)13-15-9-5-7-11-17(15)19/h4-11,13,18H,2-3,12H2,1H3,(H,22,23)(H,24,25)/t18-/m0/s1. The molecule has 0 aromatic heterocycles. The van der Waals surface area contributed by atoms with Gasteiger partial charge in [0, 0.05) is 0 Å². The lowest BCUT2D eigenvalue weighted by atomic mass is 9.96. The van der Waals surface area contributed by atoms with Crippen LogP contribution in [-0.2, 0) is 4.79 Å². The lowest BCUT2D eigenvalue weighted by molar-refractivity contribution is -0.139. The van der Waals surface area contributed by atoms with Crippen molar-refractivity contribution in [2.24, 2.45) is 0 Å². The van der Waals surface area contributed by atoms with Crippen LogP contribution in [0.25, 0.3) is 21.5 Å². The molecule has 0 aliphatic rings. The molecular weight excluding hydrogens is 314 g/mol. The molecule has 25 heavy (non-hydrogen) atoms. The second kappa shape index (κ2) is 7.34. The normalized spacial score (nSPS) is 12.2. The van der Waals surface area contributed by atoms with Gasteiger partial charge in [-0.2, -0.15) is 0 Å². The molecular formula is C21H21NO3. The van der Waals surface area contributed by atoms with Crippen molar-refractivity contribution < 1.29 is 14.7 Å². The SMILES string of the molecule is CCCC[C@H](NC(=O)c1c2ccccc2cc2ccccc12)C(=O)O. The first-order chi connectivity index (χ1) is 12.1. The van der Waals surface area contributed by atoms with Gasteiger partial charge < -0.3 is 10.4 Å². The number of hydrogen-bond donors (Lipinski definition) is 2. The van der Waals surface area contributed by atoms with Crippen molar-refractivity contribution in [3.63, 3.8) is 0 Å². The third-order valence-corrected chi connectivity index (χ3v) is 4.45. The van der Waals surface area contributed by atoms with Crippen LogP contribution in [0.1, 0.15) is 36.5 Å². The van der Waals surface area contributed by atoms with Gasteiger partial charge in [0.05, 0.1) is 5.56 Å². The van der Waals surface area contributed by atoms with E-state index in [1.54, 1.807) is 0 Å². The minimum atomic E-state index is -0.994. The van der Waals surface area contributed by atoms with Crippen LogP contribution in [0.5, 0.6) is 0 Å². The molecule has 0 aliphatic carbocycles. The Hall–Kier alpha value is -2.88. The zero-order valence-corrected chi connectivity index (χ0v) is 14.2. The fraction of sp³-hybridized carbons (Fsp3) is 0.238. The van der Waals surface area contributed by atoms with E-state index in [0.29, 0.717) is 12.0 Å². The minimum Gasteiger partial charge on any atom is -0.480 e. The van der Waals surface area contributed by atoms with Gasteiger partial charge in [-0.05, 0) is 34.0 Å². The molecule has 128 valence electrons. The first-order valence-corrected chi connectivity index (χ1v) is 8.56. The predicted molar refractivity (Wildman–Crippen MR) is 99.9 cm³/mol. The summed E-state index contributed by atoms with van der Waals surface area (Å²) in [7, 11) is 0. The van der Waals surface area contributed by atoms with E-state index in [-0.39, 0.29) is 5.91 Å². The Kier molecular flexibility index (Phi) is 4.98. The zero-order chi connectivity index (χ0) is 17.8. The van der Waals surface area contributed by atoms with Gasteiger partial charge in [-0.25, -0.2) is 4.79 Å². The summed E-state index contributed by atoms with van der Waals surface area (Å²) in [5, 5.41) is 15.7. The van der Waals surface area contributed by atoms with E-state index in [1.165, 1.54) is 0 Å². The molecule has 0 aliphatic heterocycles. The van der Waals surface area contributed by atoms with Gasteiger partial charge in [-0.15, -0.1) is 0 Å². The number of hydrogen-bond acceptors (Lipinski definition) is 2. The molecule has 0 spiro atoms. The largest absolute Gasteiger partial charge is 0.480 e. The van der Waals surface area contributed by atoms with E-state index in [4.69, 9.17) is 0 Å². The molecule has 0 fully saturated rings. The van der Waals surface area contributed by atoms with Crippen LogP contribution in [0.3, 0.4) is 0 Å². The molecule has 3 aromatic rings. The molecule has 4 heteroatoms. The Morgan fingerprint density at radius 3 is 2.08 bits per heavy atom. The second-order valence-electron chi connectivity index (χ2n) is 6.20. The lowest BCUT2D eigenvalue weighted by Gasteiger charge is -2.16. The number of unbranched alkanes of at least 4 members (excludes halogenated alkanes) is 1. The van der Waals surface area contributed by atoms with E-state index >= 15 is 0 Å². The summed E-state index contributed by atoms with van der Waals surface area (Å²) >= 11 is 0. The van der Waals surface area contributed by atoms with Gasteiger partial charge in [0.2, 0.25) is 0 Å². The maximum Gasteiger partial charge on any atom is 0.326 e. The average Bonchev–Trinajstić information content (AvgIpc) is 2.62. The van der Waals surface area contributed by atoms with E-state index in [9.17, 15) is 14.7 Å². The summed E-state index contributed by atoms with van der Waals surface area (Å²) in [4.78, 5) is 24.5. The Morgan fingerprint density at radius 2 is 1.56 bits per heavy atom. The molecule has 0 bridgehead atoms. The molecule has 4 nitrogen and oxygen atoms in total. The summed E-state index contributed by atoms with van der Waals surface area (Å²) in [6.45, 7) is 2.00. The van der Waals surface area contributed by atoms with Gasteiger partial charge in [0.1, 0.15) is 6.04 Å². The zero-order valence-electron chi connectivity index (χ0n) is 14.2. The highest BCUT2D eigenvalue weighted by Crippen LogP contribution is 2.28. The highest BCUT2D eigenvalue weighted by Gasteiger charge is 2.22. The van der Waals surface area contributed by atoms with Crippen LogP contribution < -0.4 is 5.32 Å². The number of carbonyl (C=O) groups is 2. The lowest BCUT2D eigenvalue weighted by Crippen LogP contribution is -2.40. The number of carboxylic acid groups (broad SMARTS) is 1. The Labute approximate surface area is 146 Å². The number of fused-ring (bicyclic) bond motifs is 2. The molecule has 0 saturated carbocycles. The fourth-order valence-electron chi connectivity index (χ4n) is 3.15. The second-order valence-corrected chi connectivity index (χ2v) is 6.20. The van der Waals surface area contributed by atoms with Crippen LogP contribution in [-0.4, -0.2) is 23.0 Å². The van der Waals surface area contributed by atoms with E-state index in [0.717, 1.165) is 34.4 Å². The number of nitrogens with one attached hydrogen (secondary N) is 1. The molecule has 0 saturated heterocycles. The number of carboxylic acids is 1. The minimum absolute atomic E-state index is 0.337. The average molecular weight is 335 g/mol.